The predicted molar refractivity (Wildman–Crippen MR) is 151 cm³/mol. The van der Waals surface area contributed by atoms with Crippen LogP contribution < -0.4 is 10.5 Å². The fraction of sp³-hybridized carbons (Fsp3) is 0.452. The Labute approximate surface area is 249 Å². The van der Waals surface area contributed by atoms with Crippen LogP contribution in [0.25, 0.3) is 0 Å². The van der Waals surface area contributed by atoms with Gasteiger partial charge in [-0.05, 0) is 34.7 Å². The maximum atomic E-state index is 12.2. The van der Waals surface area contributed by atoms with Gasteiger partial charge >= 0.3 is 23.9 Å². The van der Waals surface area contributed by atoms with Crippen molar-refractivity contribution in [3.63, 3.8) is 0 Å². The van der Waals surface area contributed by atoms with Crippen LogP contribution in [0.2, 0.25) is 0 Å². The molecule has 5 atom stereocenters. The second kappa shape index (κ2) is 15.1. The number of amides is 1. The fourth-order valence-corrected chi connectivity index (χ4v) is 4.69. The highest BCUT2D eigenvalue weighted by atomic mass is 16.7. The molecule has 0 aromatic heterocycles. The molecule has 1 fully saturated rings. The van der Waals surface area contributed by atoms with Crippen LogP contribution in [-0.2, 0) is 66.9 Å². The summed E-state index contributed by atoms with van der Waals surface area (Å²) in [5, 5.41) is 0. The number of esters is 4. The lowest BCUT2D eigenvalue weighted by Crippen LogP contribution is -2.63. The summed E-state index contributed by atoms with van der Waals surface area (Å²) in [6.45, 7) is 6.28. The van der Waals surface area contributed by atoms with Crippen LogP contribution in [0, 0.1) is 0 Å². The zero-order chi connectivity index (χ0) is 31.7. The molecule has 2 aromatic carbocycles. The average molecular weight is 600 g/mol. The second-order valence-electron chi connectivity index (χ2n) is 10.1. The average Bonchev–Trinajstić information content (AvgIpc) is 2.91. The first-order valence-electron chi connectivity index (χ1n) is 13.8. The van der Waals surface area contributed by atoms with Gasteiger partial charge in [-0.2, -0.15) is 0 Å². The molecule has 0 saturated carbocycles. The number of primary amides is 1. The third kappa shape index (κ3) is 9.81. The maximum Gasteiger partial charge on any atom is 0.303 e. The molecule has 1 heterocycles. The lowest BCUT2D eigenvalue weighted by atomic mass is 9.97. The van der Waals surface area contributed by atoms with Crippen LogP contribution in [0.15, 0.2) is 42.5 Å². The summed E-state index contributed by atoms with van der Waals surface area (Å²) in [4.78, 5) is 59.7. The smallest absolute Gasteiger partial charge is 0.303 e. The number of nitrogens with two attached hydrogens (primary N) is 1. The summed E-state index contributed by atoms with van der Waals surface area (Å²) in [5.74, 6) is -3.16. The summed E-state index contributed by atoms with van der Waals surface area (Å²) < 4.78 is 34.0. The number of aryl methyl sites for hydroxylation is 1. The first-order valence-corrected chi connectivity index (χ1v) is 13.8. The third-order valence-electron chi connectivity index (χ3n) is 6.53. The van der Waals surface area contributed by atoms with Crippen molar-refractivity contribution in [1.82, 2.24) is 0 Å². The van der Waals surface area contributed by atoms with Gasteiger partial charge in [0.25, 0.3) is 0 Å². The first kappa shape index (κ1) is 33.1. The Bertz CT molecular complexity index is 1320. The minimum Gasteiger partial charge on any atom is -0.463 e. The topological polar surface area (TPSA) is 167 Å². The van der Waals surface area contributed by atoms with Gasteiger partial charge in [0.15, 0.2) is 12.2 Å². The molecule has 2 N–H and O–H groups in total. The van der Waals surface area contributed by atoms with Crippen molar-refractivity contribution in [2.45, 2.75) is 84.6 Å². The van der Waals surface area contributed by atoms with E-state index in [1.54, 1.807) is 18.2 Å². The van der Waals surface area contributed by atoms with Gasteiger partial charge in [-0.1, -0.05) is 43.3 Å². The molecule has 2 aromatic rings. The molecule has 1 amide bonds. The maximum absolute atomic E-state index is 12.2. The van der Waals surface area contributed by atoms with Crippen molar-refractivity contribution in [1.29, 1.82) is 0 Å². The summed E-state index contributed by atoms with van der Waals surface area (Å²) >= 11 is 0. The van der Waals surface area contributed by atoms with E-state index in [0.29, 0.717) is 17.5 Å². The molecule has 12 nitrogen and oxygen atoms in total. The van der Waals surface area contributed by atoms with E-state index in [1.165, 1.54) is 12.5 Å². The quantitative estimate of drug-likeness (QED) is 0.281. The number of benzene rings is 2. The molecule has 43 heavy (non-hydrogen) atoms. The van der Waals surface area contributed by atoms with Crippen molar-refractivity contribution in [3.8, 4) is 5.75 Å². The number of carbonyl (C=O) groups excluding carboxylic acids is 5. The van der Waals surface area contributed by atoms with Gasteiger partial charge in [0.1, 0.15) is 18.5 Å². The van der Waals surface area contributed by atoms with Gasteiger partial charge in [-0.25, -0.2) is 0 Å². The van der Waals surface area contributed by atoms with E-state index in [-0.39, 0.29) is 12.2 Å². The highest BCUT2D eigenvalue weighted by molar-refractivity contribution is 5.76. The third-order valence-corrected chi connectivity index (χ3v) is 6.53. The van der Waals surface area contributed by atoms with Crippen molar-refractivity contribution in [2.75, 3.05) is 6.61 Å². The summed E-state index contributed by atoms with van der Waals surface area (Å²) in [6, 6.07) is 13.2. The van der Waals surface area contributed by atoms with E-state index in [4.69, 9.17) is 34.2 Å². The highest BCUT2D eigenvalue weighted by Crippen LogP contribution is 2.33. The van der Waals surface area contributed by atoms with Gasteiger partial charge in [0.2, 0.25) is 18.3 Å². The van der Waals surface area contributed by atoms with Crippen LogP contribution in [0.4, 0.5) is 0 Å². The molecule has 3 rings (SSSR count). The Kier molecular flexibility index (Phi) is 11.6. The SMILES string of the molecule is CCc1ccc(Cc2ccc(CC(N)=O)cc2O[C@H]2O[C@H](COC(C)=O)[C@@H](OC(C)=O)[C@H](OC(C)=O)[C@H]2OC(C)=O)cc1. The zero-order valence-electron chi connectivity index (χ0n) is 24.8. The number of ether oxygens (including phenoxy) is 6. The van der Waals surface area contributed by atoms with Crippen LogP contribution in [0.3, 0.4) is 0 Å². The highest BCUT2D eigenvalue weighted by Gasteiger charge is 2.53. The van der Waals surface area contributed by atoms with E-state index >= 15 is 0 Å². The minimum absolute atomic E-state index is 0.0690. The standard InChI is InChI=1S/C31H37NO11/c1-6-21-7-9-22(10-8-21)13-24-12-11-23(15-27(32)37)14-25(24)42-31-30(41-20(5)36)29(40-19(4)35)28(39-18(3)34)26(43-31)16-38-17(2)33/h7-12,14,26,28-31H,6,13,15-16H2,1-5H3,(H2,32,37)/t26-,28-,29+,30-,31+/m1/s1. The molecule has 0 bridgehead atoms. The van der Waals surface area contributed by atoms with Crippen molar-refractivity contribution < 1.29 is 52.4 Å². The lowest BCUT2D eigenvalue weighted by molar-refractivity contribution is -0.288. The second-order valence-corrected chi connectivity index (χ2v) is 10.1. The van der Waals surface area contributed by atoms with Gasteiger partial charge in [0, 0.05) is 34.1 Å². The summed E-state index contributed by atoms with van der Waals surface area (Å²) in [6.07, 6.45) is -5.46. The summed E-state index contributed by atoms with van der Waals surface area (Å²) in [5.41, 5.74) is 8.83. The predicted octanol–water partition coefficient (Wildman–Crippen LogP) is 2.33. The van der Waals surface area contributed by atoms with Crippen molar-refractivity contribution >= 4 is 29.8 Å². The molecule has 1 aliphatic rings. The number of rotatable bonds is 12. The number of hydrogen-bond acceptors (Lipinski definition) is 11. The van der Waals surface area contributed by atoms with E-state index in [9.17, 15) is 24.0 Å². The largest absolute Gasteiger partial charge is 0.463 e. The normalized spacial score (nSPS) is 21.3. The molecular formula is C31H37NO11. The van der Waals surface area contributed by atoms with Gasteiger partial charge in [-0.3, -0.25) is 24.0 Å². The van der Waals surface area contributed by atoms with E-state index < -0.39 is 67.1 Å². The Morgan fingerprint density at radius 3 is 1.86 bits per heavy atom. The number of carbonyl (C=O) groups is 5. The molecule has 0 aliphatic carbocycles. The first-order chi connectivity index (χ1) is 20.4. The van der Waals surface area contributed by atoms with Gasteiger partial charge in [0.05, 0.1) is 6.42 Å². The Morgan fingerprint density at radius 1 is 0.744 bits per heavy atom. The lowest BCUT2D eigenvalue weighted by Gasteiger charge is -2.44. The molecule has 1 saturated heterocycles. The molecule has 0 radical (unpaired) electrons. The van der Waals surface area contributed by atoms with E-state index in [1.807, 2.05) is 24.3 Å². The fourth-order valence-electron chi connectivity index (χ4n) is 4.69. The molecule has 12 heteroatoms. The molecule has 1 aliphatic heterocycles. The molecule has 0 spiro atoms. The molecular weight excluding hydrogens is 562 g/mol. The van der Waals surface area contributed by atoms with Crippen molar-refractivity contribution in [3.05, 3.63) is 64.7 Å². The van der Waals surface area contributed by atoms with E-state index in [2.05, 4.69) is 6.92 Å². The monoisotopic (exact) mass is 599 g/mol. The Balaban J connectivity index is 2.07. The Morgan fingerprint density at radius 2 is 1.30 bits per heavy atom. The van der Waals surface area contributed by atoms with Crippen molar-refractivity contribution in [2.24, 2.45) is 5.73 Å². The minimum atomic E-state index is -1.43. The molecule has 0 unspecified atom stereocenters. The van der Waals surface area contributed by atoms with Crippen LogP contribution in [0.5, 0.6) is 5.75 Å². The van der Waals surface area contributed by atoms with Crippen LogP contribution in [0.1, 0.15) is 56.9 Å². The number of hydrogen-bond donors (Lipinski definition) is 1. The van der Waals surface area contributed by atoms with Gasteiger partial charge < -0.3 is 34.2 Å². The molecule has 232 valence electrons. The van der Waals surface area contributed by atoms with Crippen LogP contribution >= 0.6 is 0 Å². The zero-order valence-corrected chi connectivity index (χ0v) is 24.8. The van der Waals surface area contributed by atoms with Gasteiger partial charge in [-0.15, -0.1) is 0 Å². The van der Waals surface area contributed by atoms with Crippen LogP contribution in [-0.4, -0.2) is 67.1 Å². The Hall–Kier alpha value is -4.45. The summed E-state index contributed by atoms with van der Waals surface area (Å²) in [7, 11) is 0. The van der Waals surface area contributed by atoms with E-state index in [0.717, 1.165) is 32.8 Å².